The highest BCUT2D eigenvalue weighted by Crippen LogP contribution is 2.31. The summed E-state index contributed by atoms with van der Waals surface area (Å²) in [6, 6.07) is 10.6. The van der Waals surface area contributed by atoms with Gasteiger partial charge in [-0.05, 0) is 61.7 Å². The molecule has 2 aromatic carbocycles. The Bertz CT molecular complexity index is 1330. The zero-order chi connectivity index (χ0) is 25.8. The Hall–Kier alpha value is -2.44. The fraction of sp³-hybridized carbons (Fsp3) is 0.462. The molecule has 8 nitrogen and oxygen atoms in total. The number of benzene rings is 2. The summed E-state index contributed by atoms with van der Waals surface area (Å²) in [4.78, 5) is 22.4. The van der Waals surface area contributed by atoms with Crippen molar-refractivity contribution in [1.29, 1.82) is 0 Å². The number of aromatic nitrogens is 1. The average Bonchev–Trinajstić information content (AvgIpc) is 3.34. The van der Waals surface area contributed by atoms with Gasteiger partial charge in [-0.25, -0.2) is 17.8 Å². The van der Waals surface area contributed by atoms with Crippen molar-refractivity contribution in [1.82, 2.24) is 14.2 Å². The molecule has 0 aliphatic carbocycles. The van der Waals surface area contributed by atoms with Gasteiger partial charge in [0.25, 0.3) is 5.91 Å². The van der Waals surface area contributed by atoms with Gasteiger partial charge in [-0.1, -0.05) is 17.8 Å². The van der Waals surface area contributed by atoms with Crippen LogP contribution in [0.1, 0.15) is 36.0 Å². The molecule has 2 saturated heterocycles. The van der Waals surface area contributed by atoms with Crippen LogP contribution < -0.4 is 4.90 Å². The summed E-state index contributed by atoms with van der Waals surface area (Å²) in [5.41, 5.74) is 1.02. The Balaban J connectivity index is 1.37. The minimum atomic E-state index is -3.58. The first-order valence-electron chi connectivity index (χ1n) is 12.7. The molecule has 2 aliphatic rings. The summed E-state index contributed by atoms with van der Waals surface area (Å²) >= 11 is 1.27. The molecule has 0 saturated carbocycles. The van der Waals surface area contributed by atoms with Gasteiger partial charge in [0.1, 0.15) is 5.82 Å². The van der Waals surface area contributed by atoms with Crippen molar-refractivity contribution < 1.29 is 22.3 Å². The van der Waals surface area contributed by atoms with E-state index in [-0.39, 0.29) is 16.6 Å². The van der Waals surface area contributed by atoms with Crippen molar-refractivity contribution in [2.45, 2.75) is 30.6 Å². The van der Waals surface area contributed by atoms with Crippen LogP contribution in [0.2, 0.25) is 0 Å². The van der Waals surface area contributed by atoms with Crippen LogP contribution in [0.25, 0.3) is 10.2 Å². The minimum absolute atomic E-state index is 0.195. The third kappa shape index (κ3) is 6.01. The summed E-state index contributed by atoms with van der Waals surface area (Å²) in [6.07, 6.45) is 3.50. The summed E-state index contributed by atoms with van der Waals surface area (Å²) < 4.78 is 47.4. The highest BCUT2D eigenvalue weighted by Gasteiger charge is 2.27. The van der Waals surface area contributed by atoms with E-state index in [1.165, 1.54) is 39.9 Å². The maximum Gasteiger partial charge on any atom is 0.260 e. The van der Waals surface area contributed by atoms with Crippen LogP contribution >= 0.6 is 11.3 Å². The third-order valence-corrected chi connectivity index (χ3v) is 9.78. The number of carbonyl (C=O) groups is 1. The lowest BCUT2D eigenvalue weighted by atomic mass is 10.2. The number of thiazole rings is 1. The van der Waals surface area contributed by atoms with Gasteiger partial charge in [-0.3, -0.25) is 14.6 Å². The molecule has 3 aromatic rings. The first kappa shape index (κ1) is 26.2. The number of morpholine rings is 1. The van der Waals surface area contributed by atoms with Gasteiger partial charge in [0.05, 0.1) is 28.3 Å². The Morgan fingerprint density at radius 1 is 1.03 bits per heavy atom. The van der Waals surface area contributed by atoms with E-state index in [0.717, 1.165) is 45.3 Å². The number of hydrogen-bond acceptors (Lipinski definition) is 7. The molecule has 2 fully saturated rings. The zero-order valence-electron chi connectivity index (χ0n) is 20.6. The lowest BCUT2D eigenvalue weighted by Gasteiger charge is -2.28. The van der Waals surface area contributed by atoms with Crippen LogP contribution in [-0.4, -0.2) is 81.0 Å². The summed E-state index contributed by atoms with van der Waals surface area (Å²) in [6.45, 7) is 5.45. The van der Waals surface area contributed by atoms with Crippen molar-refractivity contribution in [3.63, 3.8) is 0 Å². The number of nitrogens with zero attached hydrogens (tertiary/aromatic N) is 4. The maximum atomic E-state index is 13.8. The van der Waals surface area contributed by atoms with Crippen LogP contribution in [0, 0.1) is 5.82 Å². The summed E-state index contributed by atoms with van der Waals surface area (Å²) in [5, 5.41) is 0.498. The quantitative estimate of drug-likeness (QED) is 0.425. The number of piperidine rings is 1. The van der Waals surface area contributed by atoms with Gasteiger partial charge >= 0.3 is 0 Å². The van der Waals surface area contributed by atoms with E-state index in [0.29, 0.717) is 53.8 Å². The number of hydrogen-bond donors (Lipinski definition) is 0. The first-order chi connectivity index (χ1) is 17.9. The standard InChI is InChI=1S/C26H31FN4O4S2/c27-21-7-10-23-24(19-21)36-26(28-23)31(14-4-11-29-15-17-35-18-16-29)25(32)20-5-8-22(9-6-20)37(33,34)30-12-2-1-3-13-30/h5-10,19H,1-4,11-18H2. The van der Waals surface area contributed by atoms with Gasteiger partial charge in [-0.2, -0.15) is 4.31 Å². The molecule has 0 atom stereocenters. The fourth-order valence-corrected chi connectivity index (χ4v) is 7.27. The smallest absolute Gasteiger partial charge is 0.260 e. The molecule has 37 heavy (non-hydrogen) atoms. The lowest BCUT2D eigenvalue weighted by molar-refractivity contribution is 0.0376. The molecule has 0 radical (unpaired) electrons. The molecule has 5 rings (SSSR count). The number of amides is 1. The van der Waals surface area contributed by atoms with E-state index >= 15 is 0 Å². The van der Waals surface area contributed by atoms with Crippen molar-refractivity contribution in [3.05, 3.63) is 53.8 Å². The number of rotatable bonds is 8. The number of halogens is 1. The predicted molar refractivity (Wildman–Crippen MR) is 142 cm³/mol. The third-order valence-electron chi connectivity index (χ3n) is 6.83. The van der Waals surface area contributed by atoms with Gasteiger partial charge in [0, 0.05) is 44.8 Å². The number of anilines is 1. The second-order valence-corrected chi connectivity index (χ2v) is 12.3. The predicted octanol–water partition coefficient (Wildman–Crippen LogP) is 3.98. The van der Waals surface area contributed by atoms with E-state index in [2.05, 4.69) is 9.88 Å². The highest BCUT2D eigenvalue weighted by molar-refractivity contribution is 7.89. The molecule has 1 aromatic heterocycles. The van der Waals surface area contributed by atoms with Crippen LogP contribution in [0.4, 0.5) is 9.52 Å². The van der Waals surface area contributed by atoms with E-state index in [9.17, 15) is 17.6 Å². The molecule has 1 amide bonds. The van der Waals surface area contributed by atoms with Gasteiger partial charge in [-0.15, -0.1) is 0 Å². The molecule has 0 unspecified atom stereocenters. The molecular formula is C26H31FN4O4S2. The average molecular weight is 547 g/mol. The van der Waals surface area contributed by atoms with Gasteiger partial charge in [0.15, 0.2) is 5.13 Å². The largest absolute Gasteiger partial charge is 0.379 e. The summed E-state index contributed by atoms with van der Waals surface area (Å²) in [7, 11) is -3.58. The van der Waals surface area contributed by atoms with Crippen molar-refractivity contribution in [2.24, 2.45) is 0 Å². The fourth-order valence-electron chi connectivity index (χ4n) is 4.74. The van der Waals surface area contributed by atoms with Crippen LogP contribution in [0.3, 0.4) is 0 Å². The van der Waals surface area contributed by atoms with Gasteiger partial charge in [0.2, 0.25) is 10.0 Å². The molecule has 0 spiro atoms. The monoisotopic (exact) mass is 546 g/mol. The Kier molecular flexibility index (Phi) is 8.15. The van der Waals surface area contributed by atoms with Crippen molar-refractivity contribution in [2.75, 3.05) is 57.4 Å². The van der Waals surface area contributed by atoms with Crippen LogP contribution in [0.5, 0.6) is 0 Å². The van der Waals surface area contributed by atoms with Crippen LogP contribution in [-0.2, 0) is 14.8 Å². The number of carbonyl (C=O) groups excluding carboxylic acids is 1. The van der Waals surface area contributed by atoms with E-state index in [4.69, 9.17) is 4.74 Å². The van der Waals surface area contributed by atoms with Crippen LogP contribution in [0.15, 0.2) is 47.4 Å². The highest BCUT2D eigenvalue weighted by atomic mass is 32.2. The lowest BCUT2D eigenvalue weighted by Crippen LogP contribution is -2.39. The molecule has 0 N–H and O–H groups in total. The second kappa shape index (κ2) is 11.5. The molecule has 3 heterocycles. The van der Waals surface area contributed by atoms with Crippen molar-refractivity contribution >= 4 is 42.6 Å². The minimum Gasteiger partial charge on any atom is -0.379 e. The molecule has 2 aliphatic heterocycles. The Morgan fingerprint density at radius 2 is 1.76 bits per heavy atom. The second-order valence-electron chi connectivity index (χ2n) is 9.36. The topological polar surface area (TPSA) is 83.1 Å². The van der Waals surface area contributed by atoms with E-state index in [1.54, 1.807) is 23.1 Å². The maximum absolute atomic E-state index is 13.8. The molecule has 11 heteroatoms. The Morgan fingerprint density at radius 3 is 2.49 bits per heavy atom. The molecular weight excluding hydrogens is 515 g/mol. The van der Waals surface area contributed by atoms with Gasteiger partial charge < -0.3 is 4.74 Å². The normalized spacial score (nSPS) is 17.8. The SMILES string of the molecule is O=C(c1ccc(S(=O)(=O)N2CCCCC2)cc1)N(CCCN1CCOCC1)c1nc2ccc(F)cc2s1. The molecule has 0 bridgehead atoms. The number of fused-ring (bicyclic) bond motifs is 1. The summed E-state index contributed by atoms with van der Waals surface area (Å²) in [5.74, 6) is -0.609. The zero-order valence-corrected chi connectivity index (χ0v) is 22.3. The first-order valence-corrected chi connectivity index (χ1v) is 15.0. The number of ether oxygens (including phenoxy) is 1. The Labute approximate surface area is 220 Å². The van der Waals surface area contributed by atoms with Crippen molar-refractivity contribution in [3.8, 4) is 0 Å². The van der Waals surface area contributed by atoms with E-state index in [1.807, 2.05) is 0 Å². The number of sulfonamides is 1. The molecule has 198 valence electrons. The van der Waals surface area contributed by atoms with E-state index < -0.39 is 10.0 Å².